The summed E-state index contributed by atoms with van der Waals surface area (Å²) in [5, 5.41) is 0. The van der Waals surface area contributed by atoms with Crippen molar-refractivity contribution in [3.63, 3.8) is 0 Å². The number of hydrogen-bond acceptors (Lipinski definition) is 0. The van der Waals surface area contributed by atoms with Crippen LogP contribution in [-0.2, 0) is 0 Å². The van der Waals surface area contributed by atoms with Crippen molar-refractivity contribution in [1.29, 1.82) is 0 Å². The van der Waals surface area contributed by atoms with Gasteiger partial charge in [0.1, 0.15) is 0 Å². The minimum atomic E-state index is -9.54. The molecule has 21 heteroatoms. The van der Waals surface area contributed by atoms with E-state index >= 15 is 0 Å². The SMILES string of the molecule is FC(F)(F)C(F)(F)C(F)(F)C(F)(F)C(F)(F)C(F)(F)C(F)(F)C(F)(F)[Si](F)(F)F. The summed E-state index contributed by atoms with van der Waals surface area (Å²) in [4.78, 5) is 0. The van der Waals surface area contributed by atoms with Crippen molar-refractivity contribution in [3.8, 4) is 0 Å². The third kappa shape index (κ3) is 3.29. The fourth-order valence-electron chi connectivity index (χ4n) is 1.34. The zero-order valence-corrected chi connectivity index (χ0v) is 13.1. The largest absolute Gasteiger partial charge is 0.697 e. The van der Waals surface area contributed by atoms with E-state index in [9.17, 15) is 87.0 Å². The molecule has 0 heterocycles. The Kier molecular flexibility index (Phi) is 6.15. The maximum Gasteiger partial charge on any atom is 0.697 e. The average molecular weight is 504 g/mol. The molecule has 0 saturated carbocycles. The summed E-state index contributed by atoms with van der Waals surface area (Å²) >= 11 is 0. The van der Waals surface area contributed by atoms with Crippen molar-refractivity contribution in [3.05, 3.63) is 0 Å². The van der Waals surface area contributed by atoms with Gasteiger partial charge in [-0.3, -0.25) is 0 Å². The average Bonchev–Trinajstić information content (AvgIpc) is 2.43. The van der Waals surface area contributed by atoms with Crippen LogP contribution in [0.5, 0.6) is 0 Å². The number of hydrogen-bond donors (Lipinski definition) is 0. The van der Waals surface area contributed by atoms with Gasteiger partial charge in [0.25, 0.3) is 0 Å². The van der Waals surface area contributed by atoms with Gasteiger partial charge in [-0.05, 0) is 0 Å². The predicted molar refractivity (Wildman–Crippen MR) is 49.8 cm³/mol. The molecule has 176 valence electrons. The lowest BCUT2D eigenvalue weighted by atomic mass is 9.91. The minimum Gasteiger partial charge on any atom is -0.234 e. The maximum atomic E-state index is 13.0. The summed E-state index contributed by atoms with van der Waals surface area (Å²) in [6.45, 7) is 0. The summed E-state index contributed by atoms with van der Waals surface area (Å²) in [6, 6.07) is 0. The molecule has 0 aromatic heterocycles. The number of halogens is 20. The van der Waals surface area contributed by atoms with E-state index in [1.807, 2.05) is 0 Å². The van der Waals surface area contributed by atoms with E-state index in [-0.39, 0.29) is 0 Å². The van der Waals surface area contributed by atoms with Gasteiger partial charge in [-0.15, -0.1) is 0 Å². The Morgan fingerprint density at radius 3 is 0.724 bits per heavy atom. The second-order valence-corrected chi connectivity index (χ2v) is 6.64. The molecule has 0 aliphatic rings. The molecular weight excluding hydrogens is 504 g/mol. The van der Waals surface area contributed by atoms with E-state index in [1.54, 1.807) is 0 Å². The van der Waals surface area contributed by atoms with Crippen LogP contribution in [0.2, 0.25) is 0 Å². The summed E-state index contributed by atoms with van der Waals surface area (Å²) in [5.74, 6) is -52.6. The third-order valence-electron chi connectivity index (χ3n) is 3.08. The van der Waals surface area contributed by atoms with E-state index in [4.69, 9.17) is 0 Å². The van der Waals surface area contributed by atoms with Crippen LogP contribution in [0.1, 0.15) is 0 Å². The minimum absolute atomic E-state index is 7.92. The van der Waals surface area contributed by atoms with E-state index in [0.29, 0.717) is 0 Å². The Morgan fingerprint density at radius 1 is 0.310 bits per heavy atom. The van der Waals surface area contributed by atoms with Crippen LogP contribution in [0.3, 0.4) is 0 Å². The van der Waals surface area contributed by atoms with E-state index in [0.717, 1.165) is 0 Å². The lowest BCUT2D eigenvalue weighted by Gasteiger charge is -2.42. The lowest BCUT2D eigenvalue weighted by Crippen LogP contribution is -2.76. The molecule has 0 unspecified atom stereocenters. The molecule has 0 aromatic carbocycles. The quantitative estimate of drug-likeness (QED) is 0.215. The number of rotatable bonds is 7. The maximum absolute atomic E-state index is 13.0. The second-order valence-electron chi connectivity index (χ2n) is 5.02. The fourth-order valence-corrected chi connectivity index (χ4v) is 1.85. The summed E-state index contributed by atoms with van der Waals surface area (Å²) in [6.07, 6.45) is -7.92. The van der Waals surface area contributed by atoms with Crippen LogP contribution >= 0.6 is 0 Å². The molecule has 0 atom stereocenters. The van der Waals surface area contributed by atoms with Gasteiger partial charge in [-0.25, -0.2) is 12.3 Å². The van der Waals surface area contributed by atoms with Crippen LogP contribution in [0, 0.1) is 0 Å². The van der Waals surface area contributed by atoms with Crippen LogP contribution in [0.15, 0.2) is 0 Å². The van der Waals surface area contributed by atoms with Crippen molar-refractivity contribution in [2.75, 3.05) is 0 Å². The molecular formula is C8F20Si. The second kappa shape index (κ2) is 6.41. The Balaban J connectivity index is 6.82. The standard InChI is InChI=1S/C8F20Si/c9-1(10,3(13,14)5(17,18)7(21,22)23)2(11,12)4(15,16)6(19,20)8(24,25)29(26,27)28. The van der Waals surface area contributed by atoms with Gasteiger partial charge in [0, 0.05) is 0 Å². The Bertz CT molecular complexity index is 553. The van der Waals surface area contributed by atoms with Crippen molar-refractivity contribution >= 4 is 9.08 Å². The molecule has 29 heavy (non-hydrogen) atoms. The smallest absolute Gasteiger partial charge is 0.234 e. The molecule has 0 spiro atoms. The normalized spacial score (nSPS) is 17.0. The van der Waals surface area contributed by atoms with Crippen LogP contribution in [0.25, 0.3) is 0 Å². The molecule has 0 aliphatic carbocycles. The van der Waals surface area contributed by atoms with Gasteiger partial charge >= 0.3 is 56.3 Å². The highest BCUT2D eigenvalue weighted by atomic mass is 28.5. The summed E-state index contributed by atoms with van der Waals surface area (Å²) in [5.41, 5.74) is -8.23. The van der Waals surface area contributed by atoms with E-state index in [2.05, 4.69) is 0 Å². The topological polar surface area (TPSA) is 0 Å². The highest BCUT2D eigenvalue weighted by molar-refractivity contribution is 6.61. The molecule has 0 bridgehead atoms. The third-order valence-corrected chi connectivity index (χ3v) is 4.10. The monoisotopic (exact) mass is 504 g/mol. The molecule has 0 fully saturated rings. The number of alkyl halides is 17. The van der Waals surface area contributed by atoms with Gasteiger partial charge in [0.05, 0.1) is 0 Å². The first-order chi connectivity index (χ1) is 12.0. The molecule has 0 rings (SSSR count). The van der Waals surface area contributed by atoms with Crippen LogP contribution < -0.4 is 0 Å². The highest BCUT2D eigenvalue weighted by Gasteiger charge is 2.97. The predicted octanol–water partition coefficient (Wildman–Crippen LogP) is 6.38. The molecule has 0 aliphatic heterocycles. The molecule has 0 saturated heterocycles. The Hall–Kier alpha value is -1.18. The van der Waals surface area contributed by atoms with Gasteiger partial charge in [0.15, 0.2) is 0 Å². The van der Waals surface area contributed by atoms with Crippen LogP contribution in [0.4, 0.5) is 87.0 Å². The summed E-state index contributed by atoms with van der Waals surface area (Å²) in [7, 11) is -9.54. The molecule has 0 amide bonds. The molecule has 0 N–H and O–H groups in total. The van der Waals surface area contributed by atoms with Gasteiger partial charge in [-0.1, -0.05) is 0 Å². The lowest BCUT2D eigenvalue weighted by molar-refractivity contribution is -0.459. The van der Waals surface area contributed by atoms with Crippen molar-refractivity contribution in [2.24, 2.45) is 0 Å². The van der Waals surface area contributed by atoms with Gasteiger partial charge in [-0.2, -0.15) is 74.6 Å². The van der Waals surface area contributed by atoms with Gasteiger partial charge in [0.2, 0.25) is 0 Å². The first-order valence-electron chi connectivity index (χ1n) is 5.78. The zero-order chi connectivity index (χ0) is 24.5. The van der Waals surface area contributed by atoms with E-state index < -0.39 is 56.3 Å². The highest BCUT2D eigenvalue weighted by Crippen LogP contribution is 2.64. The Labute approximate surface area is 145 Å². The van der Waals surface area contributed by atoms with E-state index in [1.165, 1.54) is 0 Å². The fraction of sp³-hybridized carbons (Fsp3) is 1.00. The molecule has 0 nitrogen and oxygen atoms in total. The van der Waals surface area contributed by atoms with Crippen LogP contribution in [-0.4, -0.2) is 56.3 Å². The van der Waals surface area contributed by atoms with Gasteiger partial charge < -0.3 is 0 Å². The van der Waals surface area contributed by atoms with Crippen molar-refractivity contribution in [1.82, 2.24) is 0 Å². The molecule has 0 radical (unpaired) electrons. The first-order valence-corrected chi connectivity index (χ1v) is 7.41. The zero-order valence-electron chi connectivity index (χ0n) is 12.1. The Morgan fingerprint density at radius 2 is 0.517 bits per heavy atom. The van der Waals surface area contributed by atoms with Crippen molar-refractivity contribution < 1.29 is 87.0 Å². The molecule has 0 aromatic rings. The first kappa shape index (κ1) is 27.8. The summed E-state index contributed by atoms with van der Waals surface area (Å²) < 4.78 is 249. The van der Waals surface area contributed by atoms with Crippen molar-refractivity contribution in [2.45, 2.75) is 47.3 Å².